The van der Waals surface area contributed by atoms with Crippen molar-refractivity contribution in [2.75, 3.05) is 20.3 Å². The fraction of sp³-hybridized carbons (Fsp3) is 0.533. The molecule has 2 amide bonds. The van der Waals surface area contributed by atoms with Crippen molar-refractivity contribution in [1.29, 1.82) is 0 Å². The molecule has 1 heterocycles. The first-order valence-corrected chi connectivity index (χ1v) is 6.89. The van der Waals surface area contributed by atoms with Gasteiger partial charge in [-0.3, -0.25) is 14.6 Å². The summed E-state index contributed by atoms with van der Waals surface area (Å²) in [6.45, 7) is 6.79. The summed E-state index contributed by atoms with van der Waals surface area (Å²) in [5.74, 6) is -0.519. The van der Waals surface area contributed by atoms with Gasteiger partial charge in [0.15, 0.2) is 0 Å². The van der Waals surface area contributed by atoms with Crippen LogP contribution in [0.4, 0.5) is 0 Å². The van der Waals surface area contributed by atoms with Crippen molar-refractivity contribution < 1.29 is 14.3 Å². The second kappa shape index (κ2) is 7.73. The van der Waals surface area contributed by atoms with Gasteiger partial charge in [0.1, 0.15) is 5.69 Å². The molecule has 0 aliphatic rings. The van der Waals surface area contributed by atoms with E-state index < -0.39 is 0 Å². The lowest BCUT2D eigenvalue weighted by Gasteiger charge is -2.20. The highest BCUT2D eigenvalue weighted by molar-refractivity contribution is 5.98. The fourth-order valence-electron chi connectivity index (χ4n) is 1.62. The van der Waals surface area contributed by atoms with E-state index in [0.29, 0.717) is 18.7 Å². The van der Waals surface area contributed by atoms with Gasteiger partial charge in [0.05, 0.1) is 0 Å². The second-order valence-corrected chi connectivity index (χ2v) is 5.74. The zero-order chi connectivity index (χ0) is 15.9. The predicted molar refractivity (Wildman–Crippen MR) is 80.3 cm³/mol. The van der Waals surface area contributed by atoms with Crippen molar-refractivity contribution in [3.8, 4) is 0 Å². The number of hydrogen-bond donors (Lipinski definition) is 2. The maximum Gasteiger partial charge on any atom is 0.269 e. The van der Waals surface area contributed by atoms with Crippen LogP contribution in [0, 0.1) is 0 Å². The maximum absolute atomic E-state index is 12.0. The zero-order valence-electron chi connectivity index (χ0n) is 13.0. The van der Waals surface area contributed by atoms with Crippen molar-refractivity contribution in [3.05, 3.63) is 29.6 Å². The number of carbonyl (C=O) groups is 2. The lowest BCUT2D eigenvalue weighted by atomic mass is 10.1. The number of aromatic nitrogens is 1. The second-order valence-electron chi connectivity index (χ2n) is 5.74. The number of nitrogens with one attached hydrogen (secondary N) is 2. The van der Waals surface area contributed by atoms with Gasteiger partial charge in [0.25, 0.3) is 11.8 Å². The first-order chi connectivity index (χ1) is 9.83. The molecule has 0 fully saturated rings. The molecule has 21 heavy (non-hydrogen) atoms. The molecule has 6 heteroatoms. The number of hydrogen-bond acceptors (Lipinski definition) is 4. The summed E-state index contributed by atoms with van der Waals surface area (Å²) in [6.07, 6.45) is 2.19. The van der Waals surface area contributed by atoms with Crippen LogP contribution in [0.2, 0.25) is 0 Å². The third-order valence-electron chi connectivity index (χ3n) is 2.55. The van der Waals surface area contributed by atoms with Crippen LogP contribution in [-0.4, -0.2) is 42.6 Å². The Balaban J connectivity index is 2.67. The standard InChI is InChI=1S/C15H23N3O3/c1-15(2,3)18-13(19)11-6-8-16-12(10-11)14(20)17-7-5-9-21-4/h6,8,10H,5,7,9H2,1-4H3,(H,17,20)(H,18,19). The predicted octanol–water partition coefficient (Wildman–Crippen LogP) is 1.38. The Morgan fingerprint density at radius 2 is 2.00 bits per heavy atom. The van der Waals surface area contributed by atoms with E-state index >= 15 is 0 Å². The summed E-state index contributed by atoms with van der Waals surface area (Å²) in [5.41, 5.74) is 0.319. The highest BCUT2D eigenvalue weighted by Gasteiger charge is 2.16. The molecule has 6 nitrogen and oxygen atoms in total. The van der Waals surface area contributed by atoms with E-state index in [1.54, 1.807) is 13.2 Å². The highest BCUT2D eigenvalue weighted by Crippen LogP contribution is 2.06. The molecular weight excluding hydrogens is 270 g/mol. The Morgan fingerprint density at radius 1 is 1.29 bits per heavy atom. The number of nitrogens with zero attached hydrogens (tertiary/aromatic N) is 1. The van der Waals surface area contributed by atoms with E-state index in [1.807, 2.05) is 20.8 Å². The normalized spacial score (nSPS) is 11.0. The van der Waals surface area contributed by atoms with Crippen LogP contribution < -0.4 is 10.6 Å². The van der Waals surface area contributed by atoms with E-state index in [1.165, 1.54) is 12.3 Å². The zero-order valence-corrected chi connectivity index (χ0v) is 13.0. The van der Waals surface area contributed by atoms with Crippen molar-refractivity contribution in [3.63, 3.8) is 0 Å². The topological polar surface area (TPSA) is 80.3 Å². The molecule has 0 atom stereocenters. The minimum atomic E-state index is -0.330. The molecule has 0 saturated carbocycles. The Bertz CT molecular complexity index is 495. The number of carbonyl (C=O) groups excluding carboxylic acids is 2. The molecular formula is C15H23N3O3. The first-order valence-electron chi connectivity index (χ1n) is 6.89. The maximum atomic E-state index is 12.0. The molecule has 0 unspecified atom stereocenters. The third-order valence-corrected chi connectivity index (χ3v) is 2.55. The van der Waals surface area contributed by atoms with E-state index in [9.17, 15) is 9.59 Å². The van der Waals surface area contributed by atoms with E-state index in [0.717, 1.165) is 6.42 Å². The van der Waals surface area contributed by atoms with E-state index in [2.05, 4.69) is 15.6 Å². The average Bonchev–Trinajstić information content (AvgIpc) is 2.41. The number of rotatable bonds is 6. The van der Waals surface area contributed by atoms with Crippen LogP contribution in [0.25, 0.3) is 0 Å². The van der Waals surface area contributed by atoms with Gasteiger partial charge in [-0.15, -0.1) is 0 Å². The van der Waals surface area contributed by atoms with Gasteiger partial charge < -0.3 is 15.4 Å². The molecule has 0 bridgehead atoms. The van der Waals surface area contributed by atoms with Gasteiger partial charge in [0.2, 0.25) is 0 Å². The highest BCUT2D eigenvalue weighted by atomic mass is 16.5. The summed E-state index contributed by atoms with van der Waals surface area (Å²) in [5, 5.41) is 5.58. The van der Waals surface area contributed by atoms with Crippen LogP contribution in [-0.2, 0) is 4.74 Å². The van der Waals surface area contributed by atoms with Crippen molar-refractivity contribution in [2.45, 2.75) is 32.7 Å². The molecule has 1 aromatic heterocycles. The van der Waals surface area contributed by atoms with Gasteiger partial charge in [-0.25, -0.2) is 0 Å². The molecule has 0 aliphatic carbocycles. The summed E-state index contributed by atoms with van der Waals surface area (Å²) in [4.78, 5) is 28.0. The van der Waals surface area contributed by atoms with Crippen LogP contribution in [0.5, 0.6) is 0 Å². The van der Waals surface area contributed by atoms with Crippen LogP contribution in [0.3, 0.4) is 0 Å². The number of amides is 2. The quantitative estimate of drug-likeness (QED) is 0.776. The number of ether oxygens (including phenoxy) is 1. The summed E-state index contributed by atoms with van der Waals surface area (Å²) >= 11 is 0. The first kappa shape index (κ1) is 17.1. The number of pyridine rings is 1. The summed E-state index contributed by atoms with van der Waals surface area (Å²) in [6, 6.07) is 3.08. The molecule has 0 radical (unpaired) electrons. The molecule has 116 valence electrons. The van der Waals surface area contributed by atoms with Gasteiger partial charge >= 0.3 is 0 Å². The molecule has 2 N–H and O–H groups in total. The monoisotopic (exact) mass is 293 g/mol. The van der Waals surface area contributed by atoms with E-state index in [-0.39, 0.29) is 23.0 Å². The van der Waals surface area contributed by atoms with Crippen molar-refractivity contribution in [1.82, 2.24) is 15.6 Å². The van der Waals surface area contributed by atoms with Gasteiger partial charge in [-0.05, 0) is 39.3 Å². The molecule has 1 rings (SSSR count). The average molecular weight is 293 g/mol. The Labute approximate surface area is 125 Å². The van der Waals surface area contributed by atoms with Gasteiger partial charge in [0, 0.05) is 37.6 Å². The Hall–Kier alpha value is -1.95. The minimum Gasteiger partial charge on any atom is -0.385 e. The van der Waals surface area contributed by atoms with Crippen LogP contribution in [0.1, 0.15) is 48.0 Å². The van der Waals surface area contributed by atoms with E-state index in [4.69, 9.17) is 4.74 Å². The summed E-state index contributed by atoms with van der Waals surface area (Å²) in [7, 11) is 1.61. The smallest absolute Gasteiger partial charge is 0.269 e. The van der Waals surface area contributed by atoms with Gasteiger partial charge in [-0.2, -0.15) is 0 Å². The van der Waals surface area contributed by atoms with Crippen LogP contribution in [0.15, 0.2) is 18.3 Å². The van der Waals surface area contributed by atoms with Crippen molar-refractivity contribution >= 4 is 11.8 Å². The Kier molecular flexibility index (Phi) is 6.30. The molecule has 0 spiro atoms. The van der Waals surface area contributed by atoms with Gasteiger partial charge in [-0.1, -0.05) is 0 Å². The SMILES string of the molecule is COCCCNC(=O)c1cc(C(=O)NC(C)(C)C)ccn1. The lowest BCUT2D eigenvalue weighted by molar-refractivity contribution is 0.0919. The fourth-order valence-corrected chi connectivity index (χ4v) is 1.62. The molecule has 0 aliphatic heterocycles. The Morgan fingerprint density at radius 3 is 2.62 bits per heavy atom. The summed E-state index contributed by atoms with van der Waals surface area (Å²) < 4.78 is 4.91. The van der Waals surface area contributed by atoms with Crippen molar-refractivity contribution in [2.24, 2.45) is 0 Å². The minimum absolute atomic E-state index is 0.224. The molecule has 0 aromatic carbocycles. The largest absolute Gasteiger partial charge is 0.385 e. The van der Waals surface area contributed by atoms with Crippen LogP contribution >= 0.6 is 0 Å². The number of methoxy groups -OCH3 is 1. The lowest BCUT2D eigenvalue weighted by Crippen LogP contribution is -2.40. The molecule has 0 saturated heterocycles. The third kappa shape index (κ3) is 6.35. The molecule has 1 aromatic rings.